The van der Waals surface area contributed by atoms with E-state index in [-0.39, 0.29) is 0 Å². The van der Waals surface area contributed by atoms with Gasteiger partial charge in [-0.2, -0.15) is 5.10 Å². The summed E-state index contributed by atoms with van der Waals surface area (Å²) in [4.78, 5) is 1.32. The number of thiophene rings is 1. The van der Waals surface area contributed by atoms with Crippen LogP contribution >= 0.6 is 11.3 Å². The van der Waals surface area contributed by atoms with E-state index < -0.39 is 0 Å². The van der Waals surface area contributed by atoms with Crippen LogP contribution in [-0.2, 0) is 13.0 Å². The van der Waals surface area contributed by atoms with E-state index in [1.165, 1.54) is 4.88 Å². The summed E-state index contributed by atoms with van der Waals surface area (Å²) >= 11 is 1.74. The number of aromatic nitrogens is 2. The molecule has 1 N–H and O–H groups in total. The molecule has 0 fully saturated rings. The molecular weight excluding hydrogens is 234 g/mol. The van der Waals surface area contributed by atoms with Gasteiger partial charge in [-0.25, -0.2) is 0 Å². The Morgan fingerprint density at radius 1 is 1.29 bits per heavy atom. The van der Waals surface area contributed by atoms with Crippen LogP contribution in [0.25, 0.3) is 0 Å². The first kappa shape index (κ1) is 12.0. The summed E-state index contributed by atoms with van der Waals surface area (Å²) < 4.78 is 5.53. The maximum Gasteiger partial charge on any atom is 0.233 e. The van der Waals surface area contributed by atoms with E-state index in [1.54, 1.807) is 11.3 Å². The molecule has 2 aromatic heterocycles. The normalized spacial score (nSPS) is 10.4. The van der Waals surface area contributed by atoms with Crippen molar-refractivity contribution >= 4 is 11.3 Å². The molecule has 0 aliphatic carbocycles. The third-order valence-electron chi connectivity index (χ3n) is 2.23. The first-order valence-corrected chi connectivity index (χ1v) is 6.39. The second-order valence-corrected chi connectivity index (χ2v) is 4.60. The Hall–Kier alpha value is -1.46. The molecule has 0 saturated heterocycles. The highest BCUT2D eigenvalue weighted by Crippen LogP contribution is 2.10. The van der Waals surface area contributed by atoms with Gasteiger partial charge < -0.3 is 10.1 Å². The molecular formula is C12H15N3OS. The van der Waals surface area contributed by atoms with Crippen molar-refractivity contribution in [2.45, 2.75) is 13.0 Å². The van der Waals surface area contributed by atoms with E-state index in [1.807, 2.05) is 25.2 Å². The third kappa shape index (κ3) is 3.80. The quantitative estimate of drug-likeness (QED) is 0.849. The Labute approximate surface area is 105 Å². The van der Waals surface area contributed by atoms with Crippen LogP contribution in [0.5, 0.6) is 5.88 Å². The van der Waals surface area contributed by atoms with Crippen LogP contribution in [0.15, 0.2) is 29.6 Å². The molecule has 0 saturated carbocycles. The highest BCUT2D eigenvalue weighted by molar-refractivity contribution is 7.09. The fourth-order valence-corrected chi connectivity index (χ4v) is 2.10. The maximum atomic E-state index is 5.53. The van der Waals surface area contributed by atoms with Gasteiger partial charge in [0.1, 0.15) is 0 Å². The molecule has 0 unspecified atom stereocenters. The van der Waals surface area contributed by atoms with Crippen molar-refractivity contribution < 1.29 is 4.74 Å². The summed E-state index contributed by atoms with van der Waals surface area (Å²) in [6, 6.07) is 7.93. The standard InChI is InChI=1S/C12H15N3OS/c1-13-9-10-4-5-12(15-14-10)16-7-6-11-3-2-8-17-11/h2-5,8,13H,6-7,9H2,1H3. The van der Waals surface area contributed by atoms with Gasteiger partial charge in [0, 0.05) is 23.9 Å². The third-order valence-corrected chi connectivity index (χ3v) is 3.17. The molecule has 0 atom stereocenters. The van der Waals surface area contributed by atoms with Crippen LogP contribution in [0.4, 0.5) is 0 Å². The van der Waals surface area contributed by atoms with Crippen molar-refractivity contribution in [1.29, 1.82) is 0 Å². The van der Waals surface area contributed by atoms with Crippen molar-refractivity contribution in [2.24, 2.45) is 0 Å². The largest absolute Gasteiger partial charge is 0.476 e. The summed E-state index contributed by atoms with van der Waals surface area (Å²) in [5, 5.41) is 13.2. The lowest BCUT2D eigenvalue weighted by molar-refractivity contribution is 0.306. The molecule has 0 amide bonds. The minimum absolute atomic E-state index is 0.585. The Kier molecular flexibility index (Phi) is 4.46. The van der Waals surface area contributed by atoms with Gasteiger partial charge in [-0.3, -0.25) is 0 Å². The fourth-order valence-electron chi connectivity index (χ4n) is 1.41. The van der Waals surface area contributed by atoms with Crippen molar-refractivity contribution in [3.8, 4) is 5.88 Å². The first-order chi connectivity index (χ1) is 8.38. The van der Waals surface area contributed by atoms with E-state index in [0.29, 0.717) is 12.5 Å². The lowest BCUT2D eigenvalue weighted by Gasteiger charge is -2.04. The Morgan fingerprint density at radius 2 is 2.24 bits per heavy atom. The van der Waals surface area contributed by atoms with Gasteiger partial charge in [0.25, 0.3) is 0 Å². The van der Waals surface area contributed by atoms with Gasteiger partial charge in [0.15, 0.2) is 0 Å². The van der Waals surface area contributed by atoms with Crippen LogP contribution < -0.4 is 10.1 Å². The predicted molar refractivity (Wildman–Crippen MR) is 68.3 cm³/mol. The van der Waals surface area contributed by atoms with Crippen molar-refractivity contribution in [3.63, 3.8) is 0 Å². The molecule has 4 nitrogen and oxygen atoms in total. The van der Waals surface area contributed by atoms with Crippen molar-refractivity contribution in [2.75, 3.05) is 13.7 Å². The zero-order chi connectivity index (χ0) is 11.9. The number of hydrogen-bond donors (Lipinski definition) is 1. The molecule has 0 spiro atoms. The SMILES string of the molecule is CNCc1ccc(OCCc2cccs2)nn1. The fraction of sp³-hybridized carbons (Fsp3) is 0.333. The molecule has 5 heteroatoms. The summed E-state index contributed by atoms with van der Waals surface area (Å²) in [6.07, 6.45) is 0.914. The second kappa shape index (κ2) is 6.32. The molecule has 2 heterocycles. The van der Waals surface area contributed by atoms with Gasteiger partial charge in [-0.05, 0) is 24.6 Å². The minimum Gasteiger partial charge on any atom is -0.476 e. The van der Waals surface area contributed by atoms with Gasteiger partial charge in [0.05, 0.1) is 12.3 Å². The average molecular weight is 249 g/mol. The van der Waals surface area contributed by atoms with Crippen LogP contribution in [0.3, 0.4) is 0 Å². The molecule has 90 valence electrons. The van der Waals surface area contributed by atoms with E-state index in [0.717, 1.165) is 18.7 Å². The number of ether oxygens (including phenoxy) is 1. The van der Waals surface area contributed by atoms with Gasteiger partial charge in [0.2, 0.25) is 5.88 Å². The van der Waals surface area contributed by atoms with Gasteiger partial charge >= 0.3 is 0 Å². The molecule has 17 heavy (non-hydrogen) atoms. The maximum absolute atomic E-state index is 5.53. The van der Waals surface area contributed by atoms with Crippen LogP contribution in [-0.4, -0.2) is 23.9 Å². The molecule has 0 aromatic carbocycles. The van der Waals surface area contributed by atoms with Gasteiger partial charge in [-0.15, -0.1) is 16.4 Å². The number of rotatable bonds is 6. The first-order valence-electron chi connectivity index (χ1n) is 5.51. The summed E-state index contributed by atoms with van der Waals surface area (Å²) in [6.45, 7) is 1.36. The molecule has 2 aromatic rings. The van der Waals surface area contributed by atoms with Crippen LogP contribution in [0.2, 0.25) is 0 Å². The topological polar surface area (TPSA) is 47.0 Å². The van der Waals surface area contributed by atoms with Crippen molar-refractivity contribution in [1.82, 2.24) is 15.5 Å². The molecule has 0 radical (unpaired) electrons. The van der Waals surface area contributed by atoms with Gasteiger partial charge in [-0.1, -0.05) is 6.07 Å². The Morgan fingerprint density at radius 3 is 2.88 bits per heavy atom. The summed E-state index contributed by atoms with van der Waals surface area (Å²) in [7, 11) is 1.88. The Bertz CT molecular complexity index is 428. The monoisotopic (exact) mass is 249 g/mol. The highest BCUT2D eigenvalue weighted by atomic mass is 32.1. The smallest absolute Gasteiger partial charge is 0.233 e. The lowest BCUT2D eigenvalue weighted by atomic mass is 10.3. The van der Waals surface area contributed by atoms with E-state index in [4.69, 9.17) is 4.74 Å². The molecule has 0 aliphatic rings. The lowest BCUT2D eigenvalue weighted by Crippen LogP contribution is -2.08. The van der Waals surface area contributed by atoms with E-state index in [2.05, 4.69) is 27.0 Å². The van der Waals surface area contributed by atoms with E-state index in [9.17, 15) is 0 Å². The van der Waals surface area contributed by atoms with Crippen LogP contribution in [0, 0.1) is 0 Å². The summed E-state index contributed by atoms with van der Waals surface area (Å²) in [5.41, 5.74) is 0.915. The zero-order valence-electron chi connectivity index (χ0n) is 9.72. The van der Waals surface area contributed by atoms with Crippen molar-refractivity contribution in [3.05, 3.63) is 40.2 Å². The predicted octanol–water partition coefficient (Wildman–Crippen LogP) is 1.88. The number of nitrogens with zero attached hydrogens (tertiary/aromatic N) is 2. The summed E-state index contributed by atoms with van der Waals surface area (Å²) in [5.74, 6) is 0.585. The zero-order valence-corrected chi connectivity index (χ0v) is 10.5. The number of hydrogen-bond acceptors (Lipinski definition) is 5. The second-order valence-electron chi connectivity index (χ2n) is 3.57. The average Bonchev–Trinajstić information content (AvgIpc) is 2.85. The van der Waals surface area contributed by atoms with Crippen LogP contribution in [0.1, 0.15) is 10.6 Å². The number of nitrogens with one attached hydrogen (secondary N) is 1. The van der Waals surface area contributed by atoms with E-state index >= 15 is 0 Å². The minimum atomic E-state index is 0.585. The molecule has 2 rings (SSSR count). The molecule has 0 aliphatic heterocycles. The highest BCUT2D eigenvalue weighted by Gasteiger charge is 1.99. The Balaban J connectivity index is 1.79. The molecule has 0 bridgehead atoms.